The lowest BCUT2D eigenvalue weighted by atomic mass is 10.1. The molecule has 1 heterocycles. The Kier molecular flexibility index (Phi) is 6.82. The number of hydrogen-bond donors (Lipinski definition) is 2. The van der Waals surface area contributed by atoms with Crippen molar-refractivity contribution in [3.05, 3.63) is 63.2 Å². The van der Waals surface area contributed by atoms with Gasteiger partial charge in [0, 0.05) is 13.0 Å². The van der Waals surface area contributed by atoms with E-state index in [-0.39, 0.29) is 11.5 Å². The van der Waals surface area contributed by atoms with Crippen LogP contribution in [0.15, 0.2) is 47.3 Å². The summed E-state index contributed by atoms with van der Waals surface area (Å²) in [6, 6.07) is 13.0. The van der Waals surface area contributed by atoms with E-state index in [9.17, 15) is 9.59 Å². The van der Waals surface area contributed by atoms with Gasteiger partial charge < -0.3 is 15.0 Å². The van der Waals surface area contributed by atoms with E-state index in [2.05, 4.69) is 10.3 Å². The molecule has 2 N–H and O–H groups in total. The van der Waals surface area contributed by atoms with E-state index >= 15 is 0 Å². The fourth-order valence-electron chi connectivity index (χ4n) is 3.27. The number of amides is 1. The Morgan fingerprint density at radius 2 is 1.97 bits per heavy atom. The normalized spacial score (nSPS) is 10.8. The number of hydrogen-bond acceptors (Lipinski definition) is 4. The maximum absolute atomic E-state index is 12.6. The molecule has 7 heteroatoms. The molecule has 3 aromatic rings. The number of nitrogens with one attached hydrogen (secondary N) is 2. The maximum Gasteiger partial charge on any atom is 0.262 e. The van der Waals surface area contributed by atoms with Crippen molar-refractivity contribution < 1.29 is 9.53 Å². The molecule has 0 atom stereocenters. The Labute approximate surface area is 174 Å². The number of carbonyl (C=O) groups excluding carboxylic acids is 1. The second-order valence-corrected chi connectivity index (χ2v) is 7.38. The number of unbranched alkanes of at least 4 members (excludes halogenated alkanes) is 2. The first-order chi connectivity index (χ1) is 14.0. The van der Waals surface area contributed by atoms with Gasteiger partial charge in [-0.3, -0.25) is 14.2 Å². The first-order valence-electron chi connectivity index (χ1n) is 9.66. The van der Waals surface area contributed by atoms with Crippen molar-refractivity contribution in [3.8, 4) is 5.75 Å². The highest BCUT2D eigenvalue weighted by Crippen LogP contribution is 2.25. The van der Waals surface area contributed by atoms with E-state index in [4.69, 9.17) is 17.0 Å². The number of ether oxygens (including phenoxy) is 1. The zero-order valence-corrected chi connectivity index (χ0v) is 17.5. The number of aromatic nitrogens is 2. The van der Waals surface area contributed by atoms with Crippen LogP contribution < -0.4 is 15.6 Å². The van der Waals surface area contributed by atoms with Gasteiger partial charge in [-0.2, -0.15) is 0 Å². The topological polar surface area (TPSA) is 76.1 Å². The van der Waals surface area contributed by atoms with Crippen LogP contribution in [-0.2, 0) is 11.3 Å². The Bertz CT molecular complexity index is 1130. The van der Waals surface area contributed by atoms with E-state index in [0.29, 0.717) is 34.6 Å². The van der Waals surface area contributed by atoms with Crippen LogP contribution in [0.2, 0.25) is 0 Å². The summed E-state index contributed by atoms with van der Waals surface area (Å²) in [7, 11) is 1.58. The molecule has 2 aromatic carbocycles. The summed E-state index contributed by atoms with van der Waals surface area (Å²) < 4.78 is 7.31. The minimum Gasteiger partial charge on any atom is -0.495 e. The minimum absolute atomic E-state index is 0.0472. The molecule has 1 aromatic heterocycles. The highest BCUT2D eigenvalue weighted by Gasteiger charge is 2.08. The molecule has 0 unspecified atom stereocenters. The fourth-order valence-corrected chi connectivity index (χ4v) is 3.55. The first kappa shape index (κ1) is 20.8. The minimum atomic E-state index is -0.0753. The van der Waals surface area contributed by atoms with Gasteiger partial charge in [0.2, 0.25) is 5.91 Å². The number of anilines is 1. The van der Waals surface area contributed by atoms with Crippen LogP contribution in [0.5, 0.6) is 5.75 Å². The Morgan fingerprint density at radius 3 is 2.76 bits per heavy atom. The number of methoxy groups -OCH3 is 1. The molecule has 0 fully saturated rings. The molecule has 0 aliphatic carbocycles. The number of nitrogens with zero attached hydrogens (tertiary/aromatic N) is 1. The van der Waals surface area contributed by atoms with Gasteiger partial charge in [-0.15, -0.1) is 0 Å². The van der Waals surface area contributed by atoms with Gasteiger partial charge in [-0.1, -0.05) is 24.6 Å². The van der Waals surface area contributed by atoms with Crippen LogP contribution in [0.25, 0.3) is 10.9 Å². The van der Waals surface area contributed by atoms with Crippen LogP contribution >= 0.6 is 12.2 Å². The monoisotopic (exact) mass is 411 g/mol. The van der Waals surface area contributed by atoms with Crippen molar-refractivity contribution in [2.45, 2.75) is 39.2 Å². The predicted octanol–water partition coefficient (Wildman–Crippen LogP) is 4.58. The molecule has 1 amide bonds. The van der Waals surface area contributed by atoms with E-state index in [1.807, 2.05) is 43.3 Å². The lowest BCUT2D eigenvalue weighted by molar-refractivity contribution is -0.116. The zero-order valence-electron chi connectivity index (χ0n) is 16.7. The summed E-state index contributed by atoms with van der Waals surface area (Å²) in [6.45, 7) is 2.50. The molecule has 3 rings (SSSR count). The third-order valence-corrected chi connectivity index (χ3v) is 5.13. The van der Waals surface area contributed by atoms with Gasteiger partial charge in [0.05, 0.1) is 23.7 Å². The Balaban J connectivity index is 1.51. The first-order valence-corrected chi connectivity index (χ1v) is 10.1. The third kappa shape index (κ3) is 5.12. The zero-order chi connectivity index (χ0) is 20.8. The number of para-hydroxylation sites is 1. The summed E-state index contributed by atoms with van der Waals surface area (Å²) >= 11 is 5.32. The van der Waals surface area contributed by atoms with Crippen LogP contribution in [0.3, 0.4) is 0 Å². The largest absolute Gasteiger partial charge is 0.495 e. The number of H-pyrrole nitrogens is 1. The van der Waals surface area contributed by atoms with Crippen LogP contribution in [-0.4, -0.2) is 22.6 Å². The highest BCUT2D eigenvalue weighted by molar-refractivity contribution is 7.71. The molecule has 0 bridgehead atoms. The Hall–Kier alpha value is -2.93. The summed E-state index contributed by atoms with van der Waals surface area (Å²) in [4.78, 5) is 28.0. The molecule has 0 saturated carbocycles. The second-order valence-electron chi connectivity index (χ2n) is 7.00. The van der Waals surface area contributed by atoms with Crippen molar-refractivity contribution in [2.24, 2.45) is 0 Å². The van der Waals surface area contributed by atoms with Crippen LogP contribution in [0, 0.1) is 11.7 Å². The fraction of sp³-hybridized carbons (Fsp3) is 0.318. The van der Waals surface area contributed by atoms with E-state index in [1.54, 1.807) is 17.7 Å². The Morgan fingerprint density at radius 1 is 1.17 bits per heavy atom. The van der Waals surface area contributed by atoms with Gasteiger partial charge in [-0.05, 0) is 61.8 Å². The predicted molar refractivity (Wildman–Crippen MR) is 118 cm³/mol. The average molecular weight is 412 g/mol. The quantitative estimate of drug-likeness (QED) is 0.420. The molecule has 152 valence electrons. The summed E-state index contributed by atoms with van der Waals surface area (Å²) in [5.74, 6) is 0.600. The molecule has 6 nitrogen and oxygen atoms in total. The average Bonchev–Trinajstić information content (AvgIpc) is 2.70. The molecular weight excluding hydrogens is 386 g/mol. The molecular formula is C22H25N3O3S. The second kappa shape index (κ2) is 9.52. The van der Waals surface area contributed by atoms with Crippen molar-refractivity contribution in [1.82, 2.24) is 9.55 Å². The van der Waals surface area contributed by atoms with Gasteiger partial charge in [0.15, 0.2) is 4.77 Å². The van der Waals surface area contributed by atoms with E-state index in [1.165, 1.54) is 0 Å². The molecule has 0 aliphatic heterocycles. The molecule has 0 aliphatic rings. The van der Waals surface area contributed by atoms with Crippen LogP contribution in [0.1, 0.15) is 31.2 Å². The summed E-state index contributed by atoms with van der Waals surface area (Å²) in [5.41, 5.74) is 2.42. The molecule has 0 spiro atoms. The van der Waals surface area contributed by atoms with Gasteiger partial charge in [0.1, 0.15) is 5.75 Å². The third-order valence-electron chi connectivity index (χ3n) is 4.80. The van der Waals surface area contributed by atoms with Crippen molar-refractivity contribution in [2.75, 3.05) is 12.4 Å². The summed E-state index contributed by atoms with van der Waals surface area (Å²) in [5, 5.41) is 3.54. The van der Waals surface area contributed by atoms with E-state index in [0.717, 1.165) is 30.3 Å². The van der Waals surface area contributed by atoms with Crippen LogP contribution in [0.4, 0.5) is 5.69 Å². The lowest BCUT2D eigenvalue weighted by Gasteiger charge is -2.11. The number of fused-ring (bicyclic) bond motifs is 1. The SMILES string of the molecule is COc1ccc(C)cc1NC(=O)CCCCCn1c(=S)[nH]c2ccccc2c1=O. The standard InChI is InChI=1S/C22H25N3O3S/c1-15-11-12-19(28-2)18(14-15)23-20(26)10-4-3-7-13-25-21(27)16-8-5-6-9-17(16)24-22(25)29/h5-6,8-9,11-12,14H,3-4,7,10,13H2,1-2H3,(H,23,26)(H,24,29). The number of aryl methyl sites for hydroxylation is 1. The molecule has 29 heavy (non-hydrogen) atoms. The molecule has 0 radical (unpaired) electrons. The maximum atomic E-state index is 12.6. The van der Waals surface area contributed by atoms with Crippen molar-refractivity contribution in [3.63, 3.8) is 0 Å². The lowest BCUT2D eigenvalue weighted by Crippen LogP contribution is -2.22. The number of rotatable bonds is 8. The van der Waals surface area contributed by atoms with Gasteiger partial charge in [0.25, 0.3) is 5.56 Å². The van der Waals surface area contributed by atoms with Crippen molar-refractivity contribution in [1.29, 1.82) is 0 Å². The smallest absolute Gasteiger partial charge is 0.262 e. The van der Waals surface area contributed by atoms with Crippen molar-refractivity contribution >= 4 is 34.7 Å². The molecule has 0 saturated heterocycles. The number of carbonyl (C=O) groups is 1. The number of aromatic amines is 1. The summed E-state index contributed by atoms with van der Waals surface area (Å²) in [6.07, 6.45) is 2.75. The van der Waals surface area contributed by atoms with Gasteiger partial charge >= 0.3 is 0 Å². The number of benzene rings is 2. The van der Waals surface area contributed by atoms with E-state index < -0.39 is 0 Å². The van der Waals surface area contributed by atoms with Gasteiger partial charge in [-0.25, -0.2) is 0 Å². The highest BCUT2D eigenvalue weighted by atomic mass is 32.1.